The van der Waals surface area contributed by atoms with E-state index in [1.165, 1.54) is 11.8 Å². The van der Waals surface area contributed by atoms with Gasteiger partial charge in [-0.2, -0.15) is 0 Å². The predicted octanol–water partition coefficient (Wildman–Crippen LogP) is 2.17. The van der Waals surface area contributed by atoms with Crippen LogP contribution in [0.3, 0.4) is 0 Å². The zero-order chi connectivity index (χ0) is 13.4. The van der Waals surface area contributed by atoms with E-state index in [9.17, 15) is 4.79 Å². The lowest BCUT2D eigenvalue weighted by molar-refractivity contribution is 0.642. The van der Waals surface area contributed by atoms with Crippen LogP contribution in [0, 0.1) is 0 Å². The van der Waals surface area contributed by atoms with Gasteiger partial charge in [-0.05, 0) is 40.5 Å². The van der Waals surface area contributed by atoms with Gasteiger partial charge in [-0.1, -0.05) is 6.92 Å². The van der Waals surface area contributed by atoms with Gasteiger partial charge in [0.1, 0.15) is 15.5 Å². The molecule has 19 heavy (non-hydrogen) atoms. The highest BCUT2D eigenvalue weighted by Gasteiger charge is 2.28. The lowest BCUT2D eigenvalue weighted by atomic mass is 10.4. The summed E-state index contributed by atoms with van der Waals surface area (Å²) in [5, 5.41) is 8.03. The summed E-state index contributed by atoms with van der Waals surface area (Å²) in [5.41, 5.74) is -0.145. The number of nitrogens with one attached hydrogen (secondary N) is 1. The molecule has 0 radical (unpaired) electrons. The van der Waals surface area contributed by atoms with Crippen LogP contribution in [0.25, 0.3) is 0 Å². The van der Waals surface area contributed by atoms with Gasteiger partial charge in [0.05, 0.1) is 0 Å². The first-order valence-electron chi connectivity index (χ1n) is 6.05. The molecule has 2 aromatic rings. The van der Waals surface area contributed by atoms with Crippen molar-refractivity contribution >= 4 is 27.7 Å². The molecule has 2 heterocycles. The second-order valence-electron chi connectivity index (χ2n) is 4.31. The van der Waals surface area contributed by atoms with Crippen LogP contribution in [-0.2, 0) is 6.42 Å². The predicted molar refractivity (Wildman–Crippen MR) is 74.4 cm³/mol. The zero-order valence-corrected chi connectivity index (χ0v) is 12.7. The minimum Gasteiger partial charge on any atom is -0.267 e. The van der Waals surface area contributed by atoms with Gasteiger partial charge in [-0.3, -0.25) is 4.57 Å². The summed E-state index contributed by atoms with van der Waals surface area (Å²) < 4.78 is 2.46. The molecule has 100 valence electrons. The average molecular weight is 342 g/mol. The summed E-state index contributed by atoms with van der Waals surface area (Å²) in [5.74, 6) is 0.771. The molecule has 0 saturated heterocycles. The van der Waals surface area contributed by atoms with Gasteiger partial charge < -0.3 is 0 Å². The number of hydrogen-bond donors (Lipinski definition) is 1. The largest absolute Gasteiger partial charge is 0.344 e. The Hall–Kier alpha value is -1.15. The number of nitrogens with zero attached hydrogens (tertiary/aromatic N) is 4. The second kappa shape index (κ2) is 5.09. The van der Waals surface area contributed by atoms with Crippen molar-refractivity contribution in [3.8, 4) is 0 Å². The van der Waals surface area contributed by atoms with Crippen molar-refractivity contribution in [2.75, 3.05) is 0 Å². The third kappa shape index (κ3) is 2.74. The monoisotopic (exact) mass is 341 g/mol. The maximum Gasteiger partial charge on any atom is 0.344 e. The summed E-state index contributed by atoms with van der Waals surface area (Å²) in [7, 11) is 0. The first-order valence-corrected chi connectivity index (χ1v) is 7.66. The van der Waals surface area contributed by atoms with Gasteiger partial charge in [-0.25, -0.2) is 19.9 Å². The van der Waals surface area contributed by atoms with E-state index in [-0.39, 0.29) is 5.69 Å². The Morgan fingerprint density at radius 2 is 2.32 bits per heavy atom. The van der Waals surface area contributed by atoms with Crippen LogP contribution in [-0.4, -0.2) is 24.7 Å². The fourth-order valence-electron chi connectivity index (χ4n) is 1.76. The summed E-state index contributed by atoms with van der Waals surface area (Å²) in [6.07, 6.45) is 2.85. The normalized spacial score (nSPS) is 14.8. The Morgan fingerprint density at radius 3 is 3.00 bits per heavy atom. The molecule has 0 amide bonds. The number of aryl methyl sites for hydroxylation is 1. The number of hydrogen-bond acceptors (Lipinski definition) is 5. The molecule has 0 aliphatic heterocycles. The first-order chi connectivity index (χ1) is 9.17. The highest BCUT2D eigenvalue weighted by Crippen LogP contribution is 2.37. The minimum atomic E-state index is -0.145. The molecule has 1 saturated carbocycles. The van der Waals surface area contributed by atoms with Gasteiger partial charge >= 0.3 is 5.69 Å². The summed E-state index contributed by atoms with van der Waals surface area (Å²) >= 11 is 4.76. The molecule has 1 fully saturated rings. The summed E-state index contributed by atoms with van der Waals surface area (Å²) in [6.45, 7) is 2.00. The molecule has 6 nitrogen and oxygen atoms in total. The van der Waals surface area contributed by atoms with Crippen LogP contribution in [0.1, 0.15) is 31.6 Å². The standard InChI is InChI=1S/C11H12BrN5OS/c1-2-8-13-7(12)5-9(14-8)19-11-16-15-10(18)17(11)6-3-4-6/h5-6H,2-4H2,1H3,(H,15,18). The molecular formula is C11H12BrN5OS. The van der Waals surface area contributed by atoms with Crippen molar-refractivity contribution in [2.24, 2.45) is 0 Å². The Kier molecular flexibility index (Phi) is 3.44. The van der Waals surface area contributed by atoms with E-state index in [1.54, 1.807) is 4.57 Å². The van der Waals surface area contributed by atoms with Crippen molar-refractivity contribution in [2.45, 2.75) is 42.4 Å². The van der Waals surface area contributed by atoms with Crippen LogP contribution >= 0.6 is 27.7 Å². The SMILES string of the molecule is CCc1nc(Br)cc(Sc2n[nH]c(=O)n2C2CC2)n1. The lowest BCUT2D eigenvalue weighted by Gasteiger charge is -2.04. The number of rotatable bonds is 4. The minimum absolute atomic E-state index is 0.145. The van der Waals surface area contributed by atoms with E-state index in [1.807, 2.05) is 13.0 Å². The van der Waals surface area contributed by atoms with Crippen LogP contribution < -0.4 is 5.69 Å². The van der Waals surface area contributed by atoms with E-state index in [0.717, 1.165) is 34.7 Å². The summed E-state index contributed by atoms with van der Waals surface area (Å²) in [6, 6.07) is 2.13. The van der Waals surface area contributed by atoms with Crippen LogP contribution in [0.2, 0.25) is 0 Å². The smallest absolute Gasteiger partial charge is 0.267 e. The van der Waals surface area contributed by atoms with E-state index < -0.39 is 0 Å². The number of H-pyrrole nitrogens is 1. The third-order valence-electron chi connectivity index (χ3n) is 2.81. The molecule has 0 atom stereocenters. The topological polar surface area (TPSA) is 76.5 Å². The van der Waals surface area contributed by atoms with E-state index in [2.05, 4.69) is 36.1 Å². The van der Waals surface area contributed by atoms with Crippen LogP contribution in [0.5, 0.6) is 0 Å². The van der Waals surface area contributed by atoms with Gasteiger partial charge in [0, 0.05) is 18.5 Å². The second-order valence-corrected chi connectivity index (χ2v) is 6.11. The Morgan fingerprint density at radius 1 is 1.53 bits per heavy atom. The van der Waals surface area contributed by atoms with Crippen molar-refractivity contribution in [3.63, 3.8) is 0 Å². The van der Waals surface area contributed by atoms with Gasteiger partial charge in [0.15, 0.2) is 5.16 Å². The fourth-order valence-corrected chi connectivity index (χ4v) is 3.27. The Balaban J connectivity index is 1.93. The van der Waals surface area contributed by atoms with Crippen molar-refractivity contribution in [1.82, 2.24) is 24.7 Å². The quantitative estimate of drug-likeness (QED) is 0.862. The highest BCUT2D eigenvalue weighted by molar-refractivity contribution is 9.10. The molecule has 0 aromatic carbocycles. The maximum absolute atomic E-state index is 11.7. The molecule has 2 aromatic heterocycles. The molecule has 0 spiro atoms. The van der Waals surface area contributed by atoms with E-state index >= 15 is 0 Å². The Bertz CT molecular complexity index is 663. The van der Waals surface area contributed by atoms with Gasteiger partial charge in [0.2, 0.25) is 0 Å². The van der Waals surface area contributed by atoms with Crippen molar-refractivity contribution in [1.29, 1.82) is 0 Å². The molecular weight excluding hydrogens is 330 g/mol. The van der Waals surface area contributed by atoms with Crippen molar-refractivity contribution in [3.05, 3.63) is 27.0 Å². The lowest BCUT2D eigenvalue weighted by Crippen LogP contribution is -2.16. The zero-order valence-electron chi connectivity index (χ0n) is 10.3. The van der Waals surface area contributed by atoms with Crippen LogP contribution in [0.15, 0.2) is 25.6 Å². The maximum atomic E-state index is 11.7. The fraction of sp³-hybridized carbons (Fsp3) is 0.455. The third-order valence-corrected chi connectivity index (χ3v) is 4.11. The Labute approximate surface area is 122 Å². The summed E-state index contributed by atoms with van der Waals surface area (Å²) in [4.78, 5) is 20.4. The van der Waals surface area contributed by atoms with Crippen LogP contribution in [0.4, 0.5) is 0 Å². The van der Waals surface area contributed by atoms with E-state index in [0.29, 0.717) is 11.2 Å². The molecule has 1 aliphatic rings. The first kappa shape index (κ1) is 12.9. The highest BCUT2D eigenvalue weighted by atomic mass is 79.9. The number of halogens is 1. The van der Waals surface area contributed by atoms with Crippen molar-refractivity contribution < 1.29 is 0 Å². The molecule has 3 rings (SSSR count). The molecule has 1 N–H and O–H groups in total. The molecule has 8 heteroatoms. The molecule has 0 unspecified atom stereocenters. The molecule has 1 aliphatic carbocycles. The number of aromatic nitrogens is 5. The number of aromatic amines is 1. The van der Waals surface area contributed by atoms with E-state index in [4.69, 9.17) is 0 Å². The van der Waals surface area contributed by atoms with Gasteiger partial charge in [-0.15, -0.1) is 5.10 Å². The van der Waals surface area contributed by atoms with Gasteiger partial charge in [0.25, 0.3) is 0 Å². The molecule has 0 bridgehead atoms. The average Bonchev–Trinajstić information content (AvgIpc) is 3.14.